The molecule has 1 nitrogen and oxygen atoms in total. The number of alkyl halides is 3. The van der Waals surface area contributed by atoms with Crippen LogP contribution in [0.2, 0.25) is 0 Å². The first-order valence-corrected chi connectivity index (χ1v) is 6.23. The maximum absolute atomic E-state index is 13.6. The number of hydrogen-bond acceptors (Lipinski definition) is 1. The van der Waals surface area contributed by atoms with E-state index in [9.17, 15) is 22.4 Å². The second-order valence-electron chi connectivity index (χ2n) is 4.78. The van der Waals surface area contributed by atoms with E-state index in [2.05, 4.69) is 0 Å². The number of halogens is 4. The minimum absolute atomic E-state index is 0.139. The van der Waals surface area contributed by atoms with Crippen LogP contribution in [0.25, 0.3) is 0 Å². The second kappa shape index (κ2) is 5.68. The van der Waals surface area contributed by atoms with Crippen LogP contribution in [0.4, 0.5) is 17.6 Å². The molecule has 0 bridgehead atoms. The summed E-state index contributed by atoms with van der Waals surface area (Å²) in [6, 6.07) is 8.84. The standard InChI is InChI=1S/C16H12F4O/c1-10-3-2-4-11(7-10)8-15(21)13-9-12(16(18,19)20)5-6-14(13)17/h2-7,9H,8H2,1H3. The van der Waals surface area contributed by atoms with Gasteiger partial charge in [-0.15, -0.1) is 0 Å². The van der Waals surface area contributed by atoms with Gasteiger partial charge in [0.1, 0.15) is 5.82 Å². The molecule has 2 aromatic rings. The van der Waals surface area contributed by atoms with Crippen molar-refractivity contribution in [3.8, 4) is 0 Å². The highest BCUT2D eigenvalue weighted by Gasteiger charge is 2.31. The van der Waals surface area contributed by atoms with E-state index >= 15 is 0 Å². The highest BCUT2D eigenvalue weighted by Crippen LogP contribution is 2.30. The molecular weight excluding hydrogens is 284 g/mol. The van der Waals surface area contributed by atoms with E-state index in [1.165, 1.54) is 0 Å². The number of carbonyl (C=O) groups excluding carboxylic acids is 1. The second-order valence-corrected chi connectivity index (χ2v) is 4.78. The van der Waals surface area contributed by atoms with Gasteiger partial charge in [-0.25, -0.2) is 4.39 Å². The average Bonchev–Trinajstić information content (AvgIpc) is 2.37. The van der Waals surface area contributed by atoms with Crippen LogP contribution in [-0.4, -0.2) is 5.78 Å². The Morgan fingerprint density at radius 2 is 1.81 bits per heavy atom. The fourth-order valence-corrected chi connectivity index (χ4v) is 2.02. The van der Waals surface area contributed by atoms with Crippen molar-refractivity contribution in [3.05, 3.63) is 70.5 Å². The lowest BCUT2D eigenvalue weighted by molar-refractivity contribution is -0.137. The van der Waals surface area contributed by atoms with Crippen molar-refractivity contribution in [2.45, 2.75) is 19.5 Å². The van der Waals surface area contributed by atoms with Crippen LogP contribution in [0.5, 0.6) is 0 Å². The highest BCUT2D eigenvalue weighted by atomic mass is 19.4. The van der Waals surface area contributed by atoms with Gasteiger partial charge >= 0.3 is 6.18 Å². The number of Topliss-reactive ketones (excluding diaryl/α,β-unsaturated/α-hetero) is 1. The van der Waals surface area contributed by atoms with Gasteiger partial charge in [-0.1, -0.05) is 29.8 Å². The lowest BCUT2D eigenvalue weighted by atomic mass is 9.99. The largest absolute Gasteiger partial charge is 0.416 e. The first-order chi connectivity index (χ1) is 9.77. The number of ketones is 1. The molecule has 0 aromatic heterocycles. The maximum Gasteiger partial charge on any atom is 0.416 e. The molecular formula is C16H12F4O. The number of aryl methyl sites for hydroxylation is 1. The quantitative estimate of drug-likeness (QED) is 0.598. The van der Waals surface area contributed by atoms with Crippen LogP contribution in [0.3, 0.4) is 0 Å². The lowest BCUT2D eigenvalue weighted by Crippen LogP contribution is -2.11. The Kier molecular flexibility index (Phi) is 4.11. The van der Waals surface area contributed by atoms with E-state index < -0.39 is 28.9 Å². The number of hydrogen-bond donors (Lipinski definition) is 0. The van der Waals surface area contributed by atoms with Crippen molar-refractivity contribution >= 4 is 5.78 Å². The molecule has 0 saturated carbocycles. The normalized spacial score (nSPS) is 11.5. The Balaban J connectivity index is 2.31. The van der Waals surface area contributed by atoms with Crippen molar-refractivity contribution in [2.24, 2.45) is 0 Å². The summed E-state index contributed by atoms with van der Waals surface area (Å²) >= 11 is 0. The van der Waals surface area contributed by atoms with Crippen molar-refractivity contribution in [3.63, 3.8) is 0 Å². The third-order valence-electron chi connectivity index (χ3n) is 3.04. The minimum Gasteiger partial charge on any atom is -0.294 e. The van der Waals surface area contributed by atoms with Crippen LogP contribution in [-0.2, 0) is 12.6 Å². The zero-order valence-electron chi connectivity index (χ0n) is 11.2. The molecule has 21 heavy (non-hydrogen) atoms. The Hall–Kier alpha value is -2.17. The third kappa shape index (κ3) is 3.68. The van der Waals surface area contributed by atoms with Crippen molar-refractivity contribution < 1.29 is 22.4 Å². The zero-order valence-corrected chi connectivity index (χ0v) is 11.2. The van der Waals surface area contributed by atoms with Gasteiger partial charge in [0.2, 0.25) is 0 Å². The molecule has 110 valence electrons. The predicted molar refractivity (Wildman–Crippen MR) is 70.6 cm³/mol. The molecule has 0 atom stereocenters. The maximum atomic E-state index is 13.6. The van der Waals surface area contributed by atoms with Gasteiger partial charge < -0.3 is 0 Å². The predicted octanol–water partition coefficient (Wildman–Crippen LogP) is 4.58. The van der Waals surface area contributed by atoms with Crippen molar-refractivity contribution in [2.75, 3.05) is 0 Å². The van der Waals surface area contributed by atoms with Gasteiger partial charge in [0.15, 0.2) is 5.78 Å². The van der Waals surface area contributed by atoms with E-state index in [-0.39, 0.29) is 6.42 Å². The third-order valence-corrected chi connectivity index (χ3v) is 3.04. The molecule has 0 radical (unpaired) electrons. The van der Waals surface area contributed by atoms with Crippen LogP contribution < -0.4 is 0 Å². The van der Waals surface area contributed by atoms with E-state index in [4.69, 9.17) is 0 Å². The number of benzene rings is 2. The van der Waals surface area contributed by atoms with Gasteiger partial charge in [-0.2, -0.15) is 13.2 Å². The van der Waals surface area contributed by atoms with Gasteiger partial charge in [0, 0.05) is 6.42 Å². The van der Waals surface area contributed by atoms with Gasteiger partial charge in [-0.3, -0.25) is 4.79 Å². The molecule has 0 heterocycles. The SMILES string of the molecule is Cc1cccc(CC(=O)c2cc(C(F)(F)F)ccc2F)c1. The van der Waals surface area contributed by atoms with Crippen LogP contribution in [0.1, 0.15) is 27.0 Å². The van der Waals surface area contributed by atoms with Crippen molar-refractivity contribution in [1.82, 2.24) is 0 Å². The lowest BCUT2D eigenvalue weighted by Gasteiger charge is -2.09. The van der Waals surface area contributed by atoms with Crippen LogP contribution in [0.15, 0.2) is 42.5 Å². The highest BCUT2D eigenvalue weighted by molar-refractivity contribution is 5.98. The Bertz CT molecular complexity index is 674. The molecule has 0 aliphatic heterocycles. The molecule has 0 N–H and O–H groups in total. The summed E-state index contributed by atoms with van der Waals surface area (Å²) < 4.78 is 51.4. The van der Waals surface area contributed by atoms with E-state index in [0.29, 0.717) is 23.8 Å². The summed E-state index contributed by atoms with van der Waals surface area (Å²) in [5, 5.41) is 0. The number of carbonyl (C=O) groups is 1. The first-order valence-electron chi connectivity index (χ1n) is 6.23. The monoisotopic (exact) mass is 296 g/mol. The molecule has 0 saturated heterocycles. The van der Waals surface area contributed by atoms with Crippen molar-refractivity contribution in [1.29, 1.82) is 0 Å². The smallest absolute Gasteiger partial charge is 0.294 e. The molecule has 2 rings (SSSR count). The summed E-state index contributed by atoms with van der Waals surface area (Å²) in [4.78, 5) is 12.0. The molecule has 0 aliphatic rings. The van der Waals surface area contributed by atoms with E-state index in [1.54, 1.807) is 18.2 Å². The Morgan fingerprint density at radius 3 is 2.43 bits per heavy atom. The molecule has 0 spiro atoms. The molecule has 0 aliphatic carbocycles. The topological polar surface area (TPSA) is 17.1 Å². The summed E-state index contributed by atoms with van der Waals surface area (Å²) in [5.74, 6) is -1.62. The first kappa shape index (κ1) is 15.2. The summed E-state index contributed by atoms with van der Waals surface area (Å²) in [7, 11) is 0. The summed E-state index contributed by atoms with van der Waals surface area (Å²) in [6.45, 7) is 1.83. The van der Waals surface area contributed by atoms with Crippen LogP contribution in [0, 0.1) is 12.7 Å². The Labute approximate surface area is 119 Å². The van der Waals surface area contributed by atoms with Gasteiger partial charge in [0.25, 0.3) is 0 Å². The van der Waals surface area contributed by atoms with Gasteiger partial charge in [-0.05, 0) is 30.7 Å². The van der Waals surface area contributed by atoms with Crippen LogP contribution >= 0.6 is 0 Å². The Morgan fingerprint density at radius 1 is 1.10 bits per heavy atom. The summed E-state index contributed by atoms with van der Waals surface area (Å²) in [6.07, 6.45) is -4.74. The fraction of sp³-hybridized carbons (Fsp3) is 0.188. The molecule has 0 fully saturated rings. The molecule has 0 unspecified atom stereocenters. The average molecular weight is 296 g/mol. The minimum atomic E-state index is -4.61. The molecule has 5 heteroatoms. The summed E-state index contributed by atoms with van der Waals surface area (Å²) in [5.41, 5.74) is -0.00977. The van der Waals surface area contributed by atoms with E-state index in [1.807, 2.05) is 13.0 Å². The molecule has 0 amide bonds. The van der Waals surface area contributed by atoms with E-state index in [0.717, 1.165) is 5.56 Å². The van der Waals surface area contributed by atoms with Gasteiger partial charge in [0.05, 0.1) is 11.1 Å². The fourth-order valence-electron chi connectivity index (χ4n) is 2.02. The molecule has 2 aromatic carbocycles. The zero-order chi connectivity index (χ0) is 15.6. The number of rotatable bonds is 3.